The first-order chi connectivity index (χ1) is 13.7. The minimum Gasteiger partial charge on any atom is -0.396 e. The minimum atomic E-state index is -0.599. The highest BCUT2D eigenvalue weighted by atomic mass is 32.1. The molecule has 1 saturated carbocycles. The smallest absolute Gasteiger partial charge is 0.171 e. The van der Waals surface area contributed by atoms with Gasteiger partial charge in [0.2, 0.25) is 0 Å². The van der Waals surface area contributed by atoms with Crippen LogP contribution in [0.15, 0.2) is 24.4 Å². The quantitative estimate of drug-likeness (QED) is 0.409. The molecule has 0 saturated heterocycles. The number of aliphatic hydroxyl groups excluding tert-OH is 2. The molecule has 8 heteroatoms. The van der Waals surface area contributed by atoms with Crippen LogP contribution in [0.1, 0.15) is 61.0 Å². The molecule has 0 amide bonds. The average molecular weight is 406 g/mol. The number of anilines is 2. The summed E-state index contributed by atoms with van der Waals surface area (Å²) in [6, 6.07) is 5.74. The maximum atomic E-state index is 10.2. The molecule has 1 unspecified atom stereocenters. The molecule has 1 fully saturated rings. The van der Waals surface area contributed by atoms with Crippen molar-refractivity contribution in [2.45, 2.75) is 37.7 Å². The molecule has 0 radical (unpaired) electrons. The number of rotatable bonds is 8. The van der Waals surface area contributed by atoms with Crippen molar-refractivity contribution in [3.8, 4) is 23.0 Å². The molecule has 4 rings (SSSR count). The standard InChI is InChI=1S/C20H21N5O2S.5H2/c1-2-12-11-21-20(17-8-7-16(28-17)15(27)4-3-9-26)23-19(12)22-18-10-14(24-25-18)13-5-6-13;;;;;/h1,7-8,10-11,13,15,26-27H,3-6,9H2,(H2,21,22,23,24,25);5*1H. The molecular weight excluding hydrogens is 374 g/mol. The second-order valence-electron chi connectivity index (χ2n) is 6.79. The molecule has 0 aliphatic heterocycles. The van der Waals surface area contributed by atoms with Crippen molar-refractivity contribution in [3.05, 3.63) is 40.5 Å². The lowest BCUT2D eigenvalue weighted by atomic mass is 10.2. The van der Waals surface area contributed by atoms with Gasteiger partial charge in [0.25, 0.3) is 0 Å². The van der Waals surface area contributed by atoms with E-state index in [-0.39, 0.29) is 13.7 Å². The lowest BCUT2D eigenvalue weighted by molar-refractivity contribution is 0.155. The van der Waals surface area contributed by atoms with Crippen LogP contribution in [-0.4, -0.2) is 37.0 Å². The van der Waals surface area contributed by atoms with E-state index in [1.165, 1.54) is 24.2 Å². The molecule has 0 spiro atoms. The zero-order valence-electron chi connectivity index (χ0n) is 15.2. The Labute approximate surface area is 174 Å². The van der Waals surface area contributed by atoms with Crippen LogP contribution < -0.4 is 5.32 Å². The van der Waals surface area contributed by atoms with Gasteiger partial charge < -0.3 is 15.5 Å². The van der Waals surface area contributed by atoms with E-state index in [0.717, 1.165) is 15.4 Å². The van der Waals surface area contributed by atoms with Gasteiger partial charge in [-0.1, -0.05) is 5.92 Å². The van der Waals surface area contributed by atoms with Crippen molar-refractivity contribution in [2.24, 2.45) is 0 Å². The Kier molecular flexibility index (Phi) is 5.39. The van der Waals surface area contributed by atoms with Crippen LogP contribution in [0.3, 0.4) is 0 Å². The summed E-state index contributed by atoms with van der Waals surface area (Å²) in [5, 5.41) is 29.7. The van der Waals surface area contributed by atoms with Crippen molar-refractivity contribution in [3.63, 3.8) is 0 Å². The summed E-state index contributed by atoms with van der Waals surface area (Å²) in [7, 11) is 0. The summed E-state index contributed by atoms with van der Waals surface area (Å²) in [5.41, 5.74) is 1.68. The molecular formula is C20H31N5O2S. The van der Waals surface area contributed by atoms with Gasteiger partial charge in [0.15, 0.2) is 17.5 Å². The maximum Gasteiger partial charge on any atom is 0.171 e. The molecule has 3 aromatic rings. The maximum absolute atomic E-state index is 10.2. The first kappa shape index (κ1) is 18.6. The van der Waals surface area contributed by atoms with Gasteiger partial charge >= 0.3 is 0 Å². The largest absolute Gasteiger partial charge is 0.396 e. The lowest BCUT2D eigenvalue weighted by Gasteiger charge is -2.07. The summed E-state index contributed by atoms with van der Waals surface area (Å²) in [6.45, 7) is 0.0661. The van der Waals surface area contributed by atoms with Crippen LogP contribution in [0.25, 0.3) is 10.7 Å². The fourth-order valence-corrected chi connectivity index (χ4v) is 3.88. The molecule has 0 bridgehead atoms. The minimum absolute atomic E-state index is 0. The van der Waals surface area contributed by atoms with Gasteiger partial charge in [-0.25, -0.2) is 9.97 Å². The molecule has 154 valence electrons. The number of aromatic amines is 1. The molecule has 1 aliphatic carbocycles. The third-order valence-electron chi connectivity index (χ3n) is 4.62. The van der Waals surface area contributed by atoms with Crippen molar-refractivity contribution in [1.29, 1.82) is 0 Å². The van der Waals surface area contributed by atoms with E-state index >= 15 is 0 Å². The number of thiophene rings is 1. The van der Waals surface area contributed by atoms with E-state index in [2.05, 4.69) is 31.4 Å². The predicted octanol–water partition coefficient (Wildman–Crippen LogP) is 4.57. The van der Waals surface area contributed by atoms with Gasteiger partial charge in [-0.2, -0.15) is 5.10 Å². The topological polar surface area (TPSA) is 107 Å². The second kappa shape index (κ2) is 8.10. The Hall–Kier alpha value is -2.73. The number of nitrogens with zero attached hydrogens (tertiary/aromatic N) is 3. The van der Waals surface area contributed by atoms with Gasteiger partial charge in [-0.3, -0.25) is 5.10 Å². The Morgan fingerprint density at radius 1 is 1.43 bits per heavy atom. The number of hydrogen-bond donors (Lipinski definition) is 4. The van der Waals surface area contributed by atoms with E-state index in [9.17, 15) is 5.11 Å². The Morgan fingerprint density at radius 3 is 3.04 bits per heavy atom. The Balaban J connectivity index is 0. The monoisotopic (exact) mass is 405 g/mol. The molecule has 3 aromatic heterocycles. The summed E-state index contributed by atoms with van der Waals surface area (Å²) in [5.74, 6) is 4.91. The summed E-state index contributed by atoms with van der Waals surface area (Å²) in [6.07, 6.45) is 10.1. The number of aliphatic hydroxyl groups is 2. The highest BCUT2D eigenvalue weighted by Crippen LogP contribution is 2.39. The second-order valence-corrected chi connectivity index (χ2v) is 7.91. The van der Waals surface area contributed by atoms with Crippen LogP contribution in [0, 0.1) is 12.3 Å². The summed E-state index contributed by atoms with van der Waals surface area (Å²) < 4.78 is 0. The third kappa shape index (κ3) is 4.07. The first-order valence-corrected chi connectivity index (χ1v) is 10.0. The van der Waals surface area contributed by atoms with Crippen LogP contribution in [0.2, 0.25) is 0 Å². The summed E-state index contributed by atoms with van der Waals surface area (Å²) in [4.78, 5) is 10.6. The summed E-state index contributed by atoms with van der Waals surface area (Å²) >= 11 is 1.43. The highest BCUT2D eigenvalue weighted by Gasteiger charge is 2.25. The van der Waals surface area contributed by atoms with Gasteiger partial charge in [0.1, 0.15) is 0 Å². The Morgan fingerprint density at radius 2 is 2.29 bits per heavy atom. The number of H-pyrrole nitrogens is 1. The van der Waals surface area contributed by atoms with Crippen molar-refractivity contribution >= 4 is 23.0 Å². The van der Waals surface area contributed by atoms with E-state index in [1.54, 1.807) is 6.20 Å². The molecule has 4 N–H and O–H groups in total. The van der Waals surface area contributed by atoms with E-state index in [1.807, 2.05) is 18.2 Å². The van der Waals surface area contributed by atoms with E-state index < -0.39 is 6.10 Å². The number of hydrogen-bond acceptors (Lipinski definition) is 7. The Bertz CT molecular complexity index is 1020. The molecule has 1 atom stereocenters. The van der Waals surface area contributed by atoms with E-state index in [4.69, 9.17) is 11.5 Å². The van der Waals surface area contributed by atoms with Crippen LogP contribution in [-0.2, 0) is 0 Å². The number of terminal acetylenes is 1. The van der Waals surface area contributed by atoms with Crippen LogP contribution in [0.4, 0.5) is 11.6 Å². The average Bonchev–Trinajstić information content (AvgIpc) is 3.25. The van der Waals surface area contributed by atoms with Crippen LogP contribution >= 0.6 is 11.3 Å². The van der Waals surface area contributed by atoms with Gasteiger partial charge in [0, 0.05) is 42.5 Å². The molecule has 7 nitrogen and oxygen atoms in total. The van der Waals surface area contributed by atoms with Gasteiger partial charge in [-0.05, 0) is 37.8 Å². The van der Waals surface area contributed by atoms with Crippen molar-refractivity contribution < 1.29 is 17.3 Å². The fraction of sp³-hybridized carbons (Fsp3) is 0.350. The normalized spacial score (nSPS) is 14.6. The molecule has 1 aliphatic rings. The lowest BCUT2D eigenvalue weighted by Crippen LogP contribution is -2.00. The zero-order chi connectivity index (χ0) is 19.5. The number of nitrogens with one attached hydrogen (secondary N) is 2. The van der Waals surface area contributed by atoms with Crippen LogP contribution in [0.5, 0.6) is 0 Å². The SMILES string of the molecule is C#Cc1cnc(-c2ccc(C(O)CCCO)s2)nc1Nc1cc(C2CC2)[nH]n1.[HH].[HH].[HH].[HH].[HH]. The zero-order valence-corrected chi connectivity index (χ0v) is 16.0. The van der Waals surface area contributed by atoms with Crippen molar-refractivity contribution in [1.82, 2.24) is 20.2 Å². The molecule has 28 heavy (non-hydrogen) atoms. The highest BCUT2D eigenvalue weighted by molar-refractivity contribution is 7.15. The van der Waals surface area contributed by atoms with Gasteiger partial charge in [-0.15, -0.1) is 17.8 Å². The predicted molar refractivity (Wildman–Crippen MR) is 119 cm³/mol. The van der Waals surface area contributed by atoms with Crippen molar-refractivity contribution in [2.75, 3.05) is 11.9 Å². The van der Waals surface area contributed by atoms with E-state index in [0.29, 0.717) is 41.8 Å². The molecule has 0 aromatic carbocycles. The molecule has 3 heterocycles. The van der Waals surface area contributed by atoms with Gasteiger partial charge in [0.05, 0.1) is 16.5 Å². The number of aromatic nitrogens is 4. The third-order valence-corrected chi connectivity index (χ3v) is 5.80. The first-order valence-electron chi connectivity index (χ1n) is 9.23. The fourth-order valence-electron chi connectivity index (χ4n) is 2.91.